The van der Waals surface area contributed by atoms with Crippen LogP contribution in [-0.2, 0) is 19.8 Å². The Balaban J connectivity index is 1.36. The van der Waals surface area contributed by atoms with Crippen molar-refractivity contribution in [2.24, 2.45) is 0 Å². The first kappa shape index (κ1) is 30.4. The lowest BCUT2D eigenvalue weighted by atomic mass is 9.91. The van der Waals surface area contributed by atoms with Gasteiger partial charge in [-0.2, -0.15) is 5.26 Å². The first-order valence-corrected chi connectivity index (χ1v) is 14.4. The molecule has 1 N–H and O–H groups in total. The molecule has 0 saturated carbocycles. The Bertz CT molecular complexity index is 1850. The van der Waals surface area contributed by atoms with Crippen molar-refractivity contribution in [1.29, 1.82) is 5.26 Å². The Kier molecular flexibility index (Phi) is 9.65. The topological polar surface area (TPSA) is 123 Å². The number of aliphatic hydroxyl groups is 1. The summed E-state index contributed by atoms with van der Waals surface area (Å²) < 4.78 is 13.8. The van der Waals surface area contributed by atoms with Gasteiger partial charge in [-0.1, -0.05) is 53.2 Å². The number of benzene rings is 3. The van der Waals surface area contributed by atoms with Crippen molar-refractivity contribution in [3.05, 3.63) is 112 Å². The molecule has 3 aromatic carbocycles. The van der Waals surface area contributed by atoms with Crippen molar-refractivity contribution in [2.75, 3.05) is 6.61 Å². The van der Waals surface area contributed by atoms with Gasteiger partial charge in [0.05, 0.1) is 22.3 Å². The van der Waals surface area contributed by atoms with Crippen LogP contribution in [0.3, 0.4) is 0 Å². The summed E-state index contributed by atoms with van der Waals surface area (Å²) in [7, 11) is 0. The van der Waals surface area contributed by atoms with Crippen molar-refractivity contribution in [3.8, 4) is 40.0 Å². The van der Waals surface area contributed by atoms with E-state index in [1.807, 2.05) is 30.5 Å². The van der Waals surface area contributed by atoms with E-state index in [1.54, 1.807) is 23.0 Å². The number of pyridine rings is 1. The van der Waals surface area contributed by atoms with E-state index in [4.69, 9.17) is 31.4 Å². The summed E-state index contributed by atoms with van der Waals surface area (Å²) in [6, 6.07) is 19.1. The zero-order valence-electron chi connectivity index (χ0n) is 24.3. The average molecular weight is 608 g/mol. The summed E-state index contributed by atoms with van der Waals surface area (Å²) in [5.41, 5.74) is 8.41. The summed E-state index contributed by atoms with van der Waals surface area (Å²) >= 11 is 6.49. The number of hydrogen-bond donors (Lipinski definition) is 1. The third-order valence-electron chi connectivity index (χ3n) is 7.32. The summed E-state index contributed by atoms with van der Waals surface area (Å²) in [4.78, 5) is 15.8. The SMILES string of the molecule is Cc1c(COc2cc(OCc3cncc(C#N)c3)c(C=O)cc2Cl)cccc1-c1cccc(-c2cn(CCCO)nn2)c1C. The Hall–Kier alpha value is -5.04. The Morgan fingerprint density at radius 2 is 1.73 bits per heavy atom. The largest absolute Gasteiger partial charge is 0.488 e. The van der Waals surface area contributed by atoms with E-state index in [0.29, 0.717) is 41.9 Å². The fourth-order valence-corrected chi connectivity index (χ4v) is 5.15. The third kappa shape index (κ3) is 6.78. The molecular weight excluding hydrogens is 578 g/mol. The quantitative estimate of drug-likeness (QED) is 0.159. The number of ether oxygens (including phenoxy) is 2. The minimum absolute atomic E-state index is 0.103. The van der Waals surface area contributed by atoms with Gasteiger partial charge < -0.3 is 14.6 Å². The van der Waals surface area contributed by atoms with Crippen molar-refractivity contribution in [1.82, 2.24) is 20.0 Å². The van der Waals surface area contributed by atoms with Crippen LogP contribution < -0.4 is 9.47 Å². The molecule has 0 bridgehead atoms. The molecule has 0 aliphatic rings. The molecule has 0 fully saturated rings. The number of aldehydes is 1. The molecule has 0 unspecified atom stereocenters. The fraction of sp³-hybridized carbons (Fsp3) is 0.206. The maximum Gasteiger partial charge on any atom is 0.153 e. The van der Waals surface area contributed by atoms with Crippen LogP contribution in [0.4, 0.5) is 0 Å². The lowest BCUT2D eigenvalue weighted by Crippen LogP contribution is -2.03. The van der Waals surface area contributed by atoms with Crippen LogP contribution in [0.2, 0.25) is 5.02 Å². The minimum Gasteiger partial charge on any atom is -0.488 e. The minimum atomic E-state index is 0.103. The van der Waals surface area contributed by atoms with Crippen LogP contribution in [0.15, 0.2) is 73.2 Å². The average Bonchev–Trinajstić information content (AvgIpc) is 3.52. The lowest BCUT2D eigenvalue weighted by Gasteiger charge is -2.17. The van der Waals surface area contributed by atoms with Crippen molar-refractivity contribution in [3.63, 3.8) is 0 Å². The normalized spacial score (nSPS) is 10.8. The number of aliphatic hydroxyl groups excluding tert-OH is 1. The van der Waals surface area contributed by atoms with Gasteiger partial charge in [0.2, 0.25) is 0 Å². The van der Waals surface area contributed by atoms with Crippen molar-refractivity contribution < 1.29 is 19.4 Å². The van der Waals surface area contributed by atoms with Gasteiger partial charge in [-0.3, -0.25) is 14.5 Å². The highest BCUT2D eigenvalue weighted by molar-refractivity contribution is 6.32. The summed E-state index contributed by atoms with van der Waals surface area (Å²) in [6.45, 7) is 5.19. The van der Waals surface area contributed by atoms with Crippen LogP contribution in [-0.4, -0.2) is 38.0 Å². The molecule has 0 aliphatic heterocycles. The number of nitrogens with zero attached hydrogens (tertiary/aromatic N) is 5. The van der Waals surface area contributed by atoms with Crippen LogP contribution in [0.25, 0.3) is 22.4 Å². The van der Waals surface area contributed by atoms with Crippen molar-refractivity contribution in [2.45, 2.75) is 40.0 Å². The zero-order chi connectivity index (χ0) is 31.1. The highest BCUT2D eigenvalue weighted by atomic mass is 35.5. The zero-order valence-corrected chi connectivity index (χ0v) is 25.1. The molecule has 0 amide bonds. The molecule has 0 saturated heterocycles. The van der Waals surface area contributed by atoms with Crippen LogP contribution >= 0.6 is 11.6 Å². The summed E-state index contributed by atoms with van der Waals surface area (Å²) in [5.74, 6) is 0.691. The Morgan fingerprint density at radius 1 is 0.977 bits per heavy atom. The van der Waals surface area contributed by atoms with Gasteiger partial charge in [0.15, 0.2) is 6.29 Å². The molecule has 44 heavy (non-hydrogen) atoms. The number of aromatic nitrogens is 4. The Morgan fingerprint density at radius 3 is 2.50 bits per heavy atom. The molecular formula is C34H30ClN5O4. The second-order valence-corrected chi connectivity index (χ2v) is 10.6. The van der Waals surface area contributed by atoms with Gasteiger partial charge in [0.25, 0.3) is 0 Å². The van der Waals surface area contributed by atoms with E-state index in [9.17, 15) is 4.79 Å². The highest BCUT2D eigenvalue weighted by Gasteiger charge is 2.16. The van der Waals surface area contributed by atoms with E-state index in [0.717, 1.165) is 39.1 Å². The van der Waals surface area contributed by atoms with Gasteiger partial charge in [-0.05, 0) is 60.2 Å². The molecule has 0 aliphatic carbocycles. The number of hydrogen-bond acceptors (Lipinski definition) is 8. The van der Waals surface area contributed by atoms with E-state index < -0.39 is 0 Å². The van der Waals surface area contributed by atoms with Gasteiger partial charge in [0.1, 0.15) is 36.5 Å². The maximum atomic E-state index is 11.7. The first-order valence-electron chi connectivity index (χ1n) is 14.0. The third-order valence-corrected chi connectivity index (χ3v) is 7.62. The van der Waals surface area contributed by atoms with E-state index in [2.05, 4.69) is 47.3 Å². The number of aryl methyl sites for hydroxylation is 1. The highest BCUT2D eigenvalue weighted by Crippen LogP contribution is 2.36. The molecule has 9 nitrogen and oxygen atoms in total. The number of rotatable bonds is 12. The van der Waals surface area contributed by atoms with Gasteiger partial charge >= 0.3 is 0 Å². The molecule has 222 valence electrons. The molecule has 5 rings (SSSR count). The second kappa shape index (κ2) is 14.0. The predicted molar refractivity (Wildman–Crippen MR) is 167 cm³/mol. The number of carbonyl (C=O) groups is 1. The number of nitriles is 1. The van der Waals surface area contributed by atoms with Crippen LogP contribution in [0, 0.1) is 25.2 Å². The monoisotopic (exact) mass is 607 g/mol. The van der Waals surface area contributed by atoms with Crippen LogP contribution in [0.5, 0.6) is 11.5 Å². The molecule has 2 aromatic heterocycles. The Labute approximate surface area is 260 Å². The second-order valence-electron chi connectivity index (χ2n) is 10.2. The lowest BCUT2D eigenvalue weighted by molar-refractivity contribution is 0.111. The van der Waals surface area contributed by atoms with Gasteiger partial charge in [-0.25, -0.2) is 0 Å². The summed E-state index contributed by atoms with van der Waals surface area (Å²) in [6.07, 6.45) is 6.26. The van der Waals surface area contributed by atoms with E-state index >= 15 is 0 Å². The van der Waals surface area contributed by atoms with E-state index in [1.165, 1.54) is 12.3 Å². The molecule has 10 heteroatoms. The standard InChI is InChI=1S/C34H30ClN5O4/c1-22-26(6-3-7-28(22)29-8-4-9-30(23(29)2)32-18-40(39-38-32)10-5-11-41)21-44-34-14-33(27(19-42)13-31(34)35)43-20-25-12-24(15-36)16-37-17-25/h3-4,6-9,12-14,16-19,41H,5,10-11,20-21H2,1-2H3. The number of halogens is 1. The van der Waals surface area contributed by atoms with Gasteiger partial charge in [0, 0.05) is 42.7 Å². The smallest absolute Gasteiger partial charge is 0.153 e. The van der Waals surface area contributed by atoms with Crippen molar-refractivity contribution >= 4 is 17.9 Å². The molecule has 2 heterocycles. The molecule has 0 atom stereocenters. The molecule has 0 spiro atoms. The van der Waals surface area contributed by atoms with Gasteiger partial charge in [-0.15, -0.1) is 5.10 Å². The summed E-state index contributed by atoms with van der Waals surface area (Å²) in [5, 5.41) is 27.1. The first-order chi connectivity index (χ1) is 21.4. The van der Waals surface area contributed by atoms with E-state index in [-0.39, 0.29) is 30.4 Å². The molecule has 0 radical (unpaired) electrons. The maximum absolute atomic E-state index is 11.7. The van der Waals surface area contributed by atoms with Crippen LogP contribution in [0.1, 0.15) is 44.6 Å². The fourth-order valence-electron chi connectivity index (χ4n) is 4.92. The molecule has 5 aromatic rings. The predicted octanol–water partition coefficient (Wildman–Crippen LogP) is 6.50. The number of carbonyl (C=O) groups excluding carboxylic acids is 1.